The molecule has 1 aromatic rings. The molecule has 0 saturated heterocycles. The maximum atomic E-state index is 9.92. The lowest BCUT2D eigenvalue weighted by Crippen LogP contribution is -2.09. The zero-order valence-corrected chi connectivity index (χ0v) is 10.7. The van der Waals surface area contributed by atoms with E-state index in [9.17, 15) is 5.11 Å². The first-order valence-electron chi connectivity index (χ1n) is 6.48. The van der Waals surface area contributed by atoms with Gasteiger partial charge in [-0.05, 0) is 29.9 Å². The molecule has 0 fully saturated rings. The van der Waals surface area contributed by atoms with E-state index in [1.165, 1.54) is 25.7 Å². The maximum absolute atomic E-state index is 9.92. The van der Waals surface area contributed by atoms with Gasteiger partial charge in [-0.3, -0.25) is 0 Å². The summed E-state index contributed by atoms with van der Waals surface area (Å²) in [6.45, 7) is 6.73. The van der Waals surface area contributed by atoms with Gasteiger partial charge in [-0.2, -0.15) is 0 Å². The average Bonchev–Trinajstić information content (AvgIpc) is 2.31. The van der Waals surface area contributed by atoms with Crippen LogP contribution < -0.4 is 0 Å². The highest BCUT2D eigenvalue weighted by atomic mass is 16.3. The van der Waals surface area contributed by atoms with Gasteiger partial charge >= 0.3 is 0 Å². The summed E-state index contributed by atoms with van der Waals surface area (Å²) < 4.78 is 0. The quantitative estimate of drug-likeness (QED) is 0.736. The third kappa shape index (κ3) is 3.26. The Bertz CT molecular complexity index is 306. The van der Waals surface area contributed by atoms with Crippen LogP contribution >= 0.6 is 0 Å². The highest BCUT2D eigenvalue weighted by molar-refractivity contribution is 5.35. The van der Waals surface area contributed by atoms with E-state index in [2.05, 4.69) is 26.8 Å². The summed E-state index contributed by atoms with van der Waals surface area (Å²) in [5.41, 5.74) is 1.13. The number of phenols is 1. The van der Waals surface area contributed by atoms with Gasteiger partial charge in [0.15, 0.2) is 0 Å². The van der Waals surface area contributed by atoms with Crippen LogP contribution in [0.15, 0.2) is 24.3 Å². The van der Waals surface area contributed by atoms with Crippen molar-refractivity contribution >= 4 is 0 Å². The zero-order valence-electron chi connectivity index (χ0n) is 10.7. The van der Waals surface area contributed by atoms with Gasteiger partial charge in [-0.15, -0.1) is 0 Å². The van der Waals surface area contributed by atoms with Crippen LogP contribution in [-0.4, -0.2) is 5.11 Å². The fourth-order valence-corrected chi connectivity index (χ4v) is 2.26. The summed E-state index contributed by atoms with van der Waals surface area (Å²) in [6, 6.07) is 7.79. The van der Waals surface area contributed by atoms with E-state index >= 15 is 0 Å². The van der Waals surface area contributed by atoms with Crippen LogP contribution in [0.3, 0.4) is 0 Å². The van der Waals surface area contributed by atoms with Crippen LogP contribution in [0.4, 0.5) is 0 Å². The first-order valence-corrected chi connectivity index (χ1v) is 6.48. The van der Waals surface area contributed by atoms with Crippen molar-refractivity contribution in [3.05, 3.63) is 29.8 Å². The Morgan fingerprint density at radius 1 is 1.19 bits per heavy atom. The van der Waals surface area contributed by atoms with Crippen LogP contribution in [0.1, 0.15) is 57.9 Å². The number of para-hydroxylation sites is 1. The molecule has 0 aliphatic rings. The largest absolute Gasteiger partial charge is 0.508 e. The molecule has 1 rings (SSSR count). The molecular weight excluding hydrogens is 196 g/mol. The molecule has 0 aliphatic carbocycles. The van der Waals surface area contributed by atoms with Crippen molar-refractivity contribution in [3.63, 3.8) is 0 Å². The number of hydrogen-bond donors (Lipinski definition) is 1. The highest BCUT2D eigenvalue weighted by Crippen LogP contribution is 2.36. The van der Waals surface area contributed by atoms with E-state index in [1.807, 2.05) is 12.1 Å². The van der Waals surface area contributed by atoms with Gasteiger partial charge in [-0.25, -0.2) is 0 Å². The molecular formula is C15H24O. The Morgan fingerprint density at radius 3 is 2.44 bits per heavy atom. The standard InChI is InChI=1S/C15H24O/c1-4-6-9-13(12(3)5-2)14-10-7-8-11-15(14)16/h7-8,10-13,16H,4-6,9H2,1-3H3. The smallest absolute Gasteiger partial charge is 0.119 e. The number of phenolic OH excluding ortho intramolecular Hbond substituents is 1. The lowest BCUT2D eigenvalue weighted by atomic mass is 9.81. The molecule has 1 N–H and O–H groups in total. The van der Waals surface area contributed by atoms with Crippen molar-refractivity contribution < 1.29 is 5.11 Å². The average molecular weight is 220 g/mol. The Hall–Kier alpha value is -0.980. The molecule has 1 nitrogen and oxygen atoms in total. The summed E-state index contributed by atoms with van der Waals surface area (Å²) in [5.74, 6) is 1.61. The minimum Gasteiger partial charge on any atom is -0.508 e. The second-order valence-corrected chi connectivity index (χ2v) is 4.69. The van der Waals surface area contributed by atoms with Gasteiger partial charge in [0.25, 0.3) is 0 Å². The van der Waals surface area contributed by atoms with Crippen molar-refractivity contribution in [2.24, 2.45) is 5.92 Å². The predicted octanol–water partition coefficient (Wildman–Crippen LogP) is 4.71. The molecule has 0 aliphatic heterocycles. The Morgan fingerprint density at radius 2 is 1.88 bits per heavy atom. The Labute approximate surface area is 99.5 Å². The maximum Gasteiger partial charge on any atom is 0.119 e. The van der Waals surface area contributed by atoms with Gasteiger partial charge in [-0.1, -0.05) is 58.2 Å². The third-order valence-electron chi connectivity index (χ3n) is 3.54. The normalized spacial score (nSPS) is 14.7. The van der Waals surface area contributed by atoms with Crippen molar-refractivity contribution in [2.45, 2.75) is 52.4 Å². The molecule has 1 aromatic carbocycles. The van der Waals surface area contributed by atoms with Crippen molar-refractivity contribution in [3.8, 4) is 5.75 Å². The molecule has 0 saturated carbocycles. The summed E-state index contributed by atoms with van der Waals surface area (Å²) in [6.07, 6.45) is 4.82. The van der Waals surface area contributed by atoms with Crippen molar-refractivity contribution in [1.82, 2.24) is 0 Å². The van der Waals surface area contributed by atoms with Crippen LogP contribution in [0.2, 0.25) is 0 Å². The molecule has 2 atom stereocenters. The minimum absolute atomic E-state index is 0.462. The fraction of sp³-hybridized carbons (Fsp3) is 0.600. The molecule has 0 amide bonds. The SMILES string of the molecule is CCCCC(c1ccccc1O)C(C)CC. The number of hydrogen-bond acceptors (Lipinski definition) is 1. The number of aromatic hydroxyl groups is 1. The van der Waals surface area contributed by atoms with Crippen LogP contribution in [0.25, 0.3) is 0 Å². The lowest BCUT2D eigenvalue weighted by Gasteiger charge is -2.24. The van der Waals surface area contributed by atoms with Gasteiger partial charge in [0, 0.05) is 0 Å². The van der Waals surface area contributed by atoms with Crippen LogP contribution in [-0.2, 0) is 0 Å². The molecule has 0 heterocycles. The van der Waals surface area contributed by atoms with Gasteiger partial charge in [0.2, 0.25) is 0 Å². The number of benzene rings is 1. The Kier molecular flexibility index (Phi) is 5.37. The highest BCUT2D eigenvalue weighted by Gasteiger charge is 2.19. The fourth-order valence-electron chi connectivity index (χ4n) is 2.26. The van der Waals surface area contributed by atoms with Crippen molar-refractivity contribution in [1.29, 1.82) is 0 Å². The van der Waals surface area contributed by atoms with Gasteiger partial charge < -0.3 is 5.11 Å². The molecule has 1 heteroatoms. The molecule has 2 unspecified atom stereocenters. The molecule has 0 spiro atoms. The summed E-state index contributed by atoms with van der Waals surface area (Å²) in [4.78, 5) is 0. The zero-order chi connectivity index (χ0) is 12.0. The third-order valence-corrected chi connectivity index (χ3v) is 3.54. The molecule has 0 radical (unpaired) electrons. The number of unbranched alkanes of at least 4 members (excludes halogenated alkanes) is 1. The minimum atomic E-state index is 0.462. The first-order chi connectivity index (χ1) is 7.70. The first kappa shape index (κ1) is 13.1. The van der Waals surface area contributed by atoms with E-state index in [4.69, 9.17) is 0 Å². The van der Waals surface area contributed by atoms with E-state index in [-0.39, 0.29) is 0 Å². The Balaban J connectivity index is 2.87. The predicted molar refractivity (Wildman–Crippen MR) is 69.8 cm³/mol. The van der Waals surface area contributed by atoms with Crippen molar-refractivity contribution in [2.75, 3.05) is 0 Å². The van der Waals surface area contributed by atoms with Crippen LogP contribution in [0.5, 0.6) is 5.75 Å². The molecule has 16 heavy (non-hydrogen) atoms. The summed E-state index contributed by atoms with van der Waals surface area (Å²) >= 11 is 0. The van der Waals surface area contributed by atoms with E-state index < -0.39 is 0 Å². The molecule has 0 aromatic heterocycles. The number of rotatable bonds is 6. The lowest BCUT2D eigenvalue weighted by molar-refractivity contribution is 0.389. The summed E-state index contributed by atoms with van der Waals surface area (Å²) in [5, 5.41) is 9.92. The van der Waals surface area contributed by atoms with E-state index in [1.54, 1.807) is 6.07 Å². The van der Waals surface area contributed by atoms with E-state index in [0.717, 1.165) is 5.56 Å². The van der Waals surface area contributed by atoms with Gasteiger partial charge in [0.05, 0.1) is 0 Å². The second-order valence-electron chi connectivity index (χ2n) is 4.69. The topological polar surface area (TPSA) is 20.2 Å². The second kappa shape index (κ2) is 6.57. The van der Waals surface area contributed by atoms with Gasteiger partial charge in [0.1, 0.15) is 5.75 Å². The summed E-state index contributed by atoms with van der Waals surface area (Å²) in [7, 11) is 0. The molecule has 0 bridgehead atoms. The monoisotopic (exact) mass is 220 g/mol. The van der Waals surface area contributed by atoms with Crippen LogP contribution in [0, 0.1) is 5.92 Å². The molecule has 90 valence electrons. The van der Waals surface area contributed by atoms with E-state index in [0.29, 0.717) is 17.6 Å².